The molecule has 0 atom stereocenters. The zero-order chi connectivity index (χ0) is 33.8. The summed E-state index contributed by atoms with van der Waals surface area (Å²) in [6.45, 7) is -0.290. The Kier molecular flexibility index (Phi) is 7.66. The third kappa shape index (κ3) is 6.08. The molecule has 1 saturated carbocycles. The van der Waals surface area contributed by atoms with Crippen LogP contribution in [0.5, 0.6) is 0 Å². The lowest BCUT2D eigenvalue weighted by atomic mass is 9.98. The number of likely N-dealkylation sites (tertiary alicyclic amines) is 1. The van der Waals surface area contributed by atoms with Gasteiger partial charge < -0.3 is 9.88 Å². The largest absolute Gasteiger partial charge is 0.416 e. The van der Waals surface area contributed by atoms with E-state index in [1.807, 2.05) is 0 Å². The number of alkyl halides is 5. The van der Waals surface area contributed by atoms with Crippen LogP contribution in [0.15, 0.2) is 49.1 Å². The summed E-state index contributed by atoms with van der Waals surface area (Å²) < 4.78 is 72.6. The Bertz CT molecular complexity index is 1940. The number of anilines is 2. The quantitative estimate of drug-likeness (QED) is 0.222. The van der Waals surface area contributed by atoms with Crippen molar-refractivity contribution in [3.63, 3.8) is 0 Å². The van der Waals surface area contributed by atoms with Crippen molar-refractivity contribution < 1.29 is 26.7 Å². The minimum Gasteiger partial charge on any atom is -0.364 e. The van der Waals surface area contributed by atoms with E-state index >= 15 is 0 Å². The zero-order valence-corrected chi connectivity index (χ0v) is 25.9. The summed E-state index contributed by atoms with van der Waals surface area (Å²) in [5.41, 5.74) is 0.395. The van der Waals surface area contributed by atoms with E-state index < -0.39 is 29.1 Å². The summed E-state index contributed by atoms with van der Waals surface area (Å²) in [6, 6.07) is 9.78. The van der Waals surface area contributed by atoms with Gasteiger partial charge in [-0.3, -0.25) is 19.6 Å². The van der Waals surface area contributed by atoms with Crippen LogP contribution in [0.4, 0.5) is 33.6 Å². The van der Waals surface area contributed by atoms with Crippen LogP contribution < -0.4 is 10.2 Å². The van der Waals surface area contributed by atoms with E-state index in [4.69, 9.17) is 0 Å². The second kappa shape index (κ2) is 11.6. The molecule has 4 aromatic rings. The van der Waals surface area contributed by atoms with Gasteiger partial charge in [-0.1, -0.05) is 0 Å². The average Bonchev–Trinajstić information content (AvgIpc) is 3.51. The third-order valence-corrected chi connectivity index (χ3v) is 9.24. The summed E-state index contributed by atoms with van der Waals surface area (Å²) in [5.74, 6) is -2.44. The first-order valence-corrected chi connectivity index (χ1v) is 15.5. The molecule has 2 aliphatic heterocycles. The Labute approximate surface area is 272 Å². The second-order valence-electron chi connectivity index (χ2n) is 12.7. The van der Waals surface area contributed by atoms with Crippen molar-refractivity contribution in [3.05, 3.63) is 71.3 Å². The number of carbonyl (C=O) groups is 1. The molecule has 0 spiro atoms. The maximum Gasteiger partial charge on any atom is 0.416 e. The van der Waals surface area contributed by atoms with Gasteiger partial charge >= 0.3 is 6.18 Å². The molecule has 3 aliphatic rings. The van der Waals surface area contributed by atoms with Gasteiger partial charge in [0, 0.05) is 68.6 Å². The van der Waals surface area contributed by atoms with Crippen LogP contribution in [0.3, 0.4) is 0 Å². The van der Waals surface area contributed by atoms with E-state index in [-0.39, 0.29) is 67.9 Å². The summed E-state index contributed by atoms with van der Waals surface area (Å²) in [5, 5.41) is 20.9. The van der Waals surface area contributed by atoms with Crippen molar-refractivity contribution in [1.82, 2.24) is 29.6 Å². The van der Waals surface area contributed by atoms with Crippen LogP contribution in [0.1, 0.15) is 59.2 Å². The molecule has 0 bridgehead atoms. The van der Waals surface area contributed by atoms with Crippen molar-refractivity contribution in [2.75, 3.05) is 23.3 Å². The summed E-state index contributed by atoms with van der Waals surface area (Å²) in [6.07, 6.45) is 0.970. The lowest BCUT2D eigenvalue weighted by Crippen LogP contribution is -2.38. The van der Waals surface area contributed by atoms with Gasteiger partial charge in [0.15, 0.2) is 5.82 Å². The fourth-order valence-electron chi connectivity index (χ4n) is 6.43. The molecule has 1 aliphatic carbocycles. The van der Waals surface area contributed by atoms with Gasteiger partial charge in [0.2, 0.25) is 0 Å². The fraction of sp³-hybridized carbons (Fsp3) is 0.394. The highest BCUT2D eigenvalue weighted by molar-refractivity contribution is 6.10. The molecular formula is C33H30F5N9O. The van der Waals surface area contributed by atoms with Crippen LogP contribution in [0.2, 0.25) is 0 Å². The van der Waals surface area contributed by atoms with Crippen LogP contribution in [-0.2, 0) is 26.3 Å². The number of fused-ring (bicyclic) bond motifs is 1. The number of amides is 1. The maximum absolute atomic E-state index is 14.5. The minimum absolute atomic E-state index is 0.00826. The van der Waals surface area contributed by atoms with Crippen molar-refractivity contribution in [1.29, 1.82) is 5.26 Å². The predicted molar refractivity (Wildman–Crippen MR) is 165 cm³/mol. The molecule has 2 fully saturated rings. The molecule has 48 heavy (non-hydrogen) atoms. The molecule has 5 heterocycles. The van der Waals surface area contributed by atoms with Crippen molar-refractivity contribution in [2.24, 2.45) is 7.05 Å². The van der Waals surface area contributed by atoms with Gasteiger partial charge in [0.25, 0.3) is 11.8 Å². The van der Waals surface area contributed by atoms with E-state index in [0.717, 1.165) is 18.9 Å². The Balaban J connectivity index is 1.29. The van der Waals surface area contributed by atoms with E-state index in [2.05, 4.69) is 31.6 Å². The monoisotopic (exact) mass is 663 g/mol. The molecular weight excluding hydrogens is 633 g/mol. The predicted octanol–water partition coefficient (Wildman–Crippen LogP) is 6.21. The SMILES string of the molecule is Cn1cnnc1-c1ccncc1-c1cc(NC2(CC#N)CC2)nc(N2Cc3c(cc(CN4CCC(F)(F)CC4)cc3C(F)(F)F)C2=O)c1. The van der Waals surface area contributed by atoms with Crippen LogP contribution in [-0.4, -0.2) is 60.1 Å². The number of halogens is 5. The first-order chi connectivity index (χ1) is 22.8. The smallest absolute Gasteiger partial charge is 0.364 e. The molecule has 0 radical (unpaired) electrons. The van der Waals surface area contributed by atoms with E-state index in [0.29, 0.717) is 28.3 Å². The number of benzene rings is 1. The van der Waals surface area contributed by atoms with E-state index in [1.54, 1.807) is 53.4 Å². The maximum atomic E-state index is 14.5. The van der Waals surface area contributed by atoms with Gasteiger partial charge in [-0.2, -0.15) is 18.4 Å². The molecule has 248 valence electrons. The number of nitriles is 1. The molecule has 1 saturated heterocycles. The van der Waals surface area contributed by atoms with Crippen LogP contribution in [0, 0.1) is 11.3 Å². The number of aryl methyl sites for hydroxylation is 1. The molecule has 1 aromatic carbocycles. The summed E-state index contributed by atoms with van der Waals surface area (Å²) >= 11 is 0. The lowest BCUT2D eigenvalue weighted by Gasteiger charge is -2.31. The van der Waals surface area contributed by atoms with E-state index in [9.17, 15) is 32.0 Å². The number of rotatable bonds is 8. The number of pyridine rings is 2. The molecule has 10 nitrogen and oxygen atoms in total. The Morgan fingerprint density at radius 2 is 1.81 bits per heavy atom. The Hall–Kier alpha value is -4.97. The standard InChI is InChI=1S/C33H30F5N9O/c1-45-19-41-44-29(45)22-2-9-40-16-24(22)21-14-27(43-31(3-4-31)5-8-39)42-28(15-21)47-18-25-23(30(47)48)12-20(13-26(25)33(36,37)38)17-46-10-6-32(34,35)7-11-46/h2,9,12-16,19H,3-7,10-11,17-18H2,1H3,(H,42,43). The van der Waals surface area contributed by atoms with Gasteiger partial charge in [-0.15, -0.1) is 10.2 Å². The summed E-state index contributed by atoms with van der Waals surface area (Å²) in [7, 11) is 1.79. The molecule has 1 amide bonds. The van der Waals surface area contributed by atoms with Gasteiger partial charge in [-0.05, 0) is 59.9 Å². The Morgan fingerprint density at radius 1 is 1.04 bits per heavy atom. The summed E-state index contributed by atoms with van der Waals surface area (Å²) in [4.78, 5) is 25.8. The van der Waals surface area contributed by atoms with E-state index in [1.165, 1.54) is 11.0 Å². The van der Waals surface area contributed by atoms with Gasteiger partial charge in [0.05, 0.1) is 30.1 Å². The molecule has 0 unspecified atom stereocenters. The number of aromatic nitrogens is 5. The van der Waals surface area contributed by atoms with Gasteiger partial charge in [-0.25, -0.2) is 13.8 Å². The Morgan fingerprint density at radius 3 is 2.48 bits per heavy atom. The fourth-order valence-corrected chi connectivity index (χ4v) is 6.43. The number of nitrogens with zero attached hydrogens (tertiary/aromatic N) is 8. The number of hydrogen-bond acceptors (Lipinski definition) is 8. The minimum atomic E-state index is -4.76. The molecule has 1 N–H and O–H groups in total. The van der Waals surface area contributed by atoms with Gasteiger partial charge in [0.1, 0.15) is 18.0 Å². The van der Waals surface area contributed by atoms with Crippen molar-refractivity contribution in [3.8, 4) is 28.6 Å². The number of hydrogen-bond donors (Lipinski definition) is 1. The first-order valence-electron chi connectivity index (χ1n) is 15.5. The van der Waals surface area contributed by atoms with Crippen LogP contribution in [0.25, 0.3) is 22.5 Å². The number of piperidine rings is 1. The topological polar surface area (TPSA) is 116 Å². The second-order valence-corrected chi connectivity index (χ2v) is 12.7. The molecule has 15 heteroatoms. The normalized spacial score (nSPS) is 18.4. The number of nitrogens with one attached hydrogen (secondary N) is 1. The van der Waals surface area contributed by atoms with Crippen molar-refractivity contribution >= 4 is 17.5 Å². The number of carbonyl (C=O) groups excluding carboxylic acids is 1. The highest BCUT2D eigenvalue weighted by Crippen LogP contribution is 2.44. The highest BCUT2D eigenvalue weighted by Gasteiger charge is 2.44. The lowest BCUT2D eigenvalue weighted by molar-refractivity contribution is -0.138. The third-order valence-electron chi connectivity index (χ3n) is 9.24. The van der Waals surface area contributed by atoms with Crippen LogP contribution >= 0.6 is 0 Å². The molecule has 3 aromatic heterocycles. The molecule has 7 rings (SSSR count). The average molecular weight is 664 g/mol. The highest BCUT2D eigenvalue weighted by atomic mass is 19.4. The van der Waals surface area contributed by atoms with Crippen molar-refractivity contribution in [2.45, 2.75) is 62.8 Å². The first kappa shape index (κ1) is 31.6. The zero-order valence-electron chi connectivity index (χ0n) is 25.9.